The van der Waals surface area contributed by atoms with E-state index in [9.17, 15) is 0 Å². The highest BCUT2D eigenvalue weighted by atomic mass is 17.2. The molecule has 0 N–H and O–H groups in total. The molecule has 20 heteroatoms. The van der Waals surface area contributed by atoms with Gasteiger partial charge >= 0.3 is 0 Å². The van der Waals surface area contributed by atoms with Gasteiger partial charge in [0, 0.05) is 27.4 Å². The molecule has 0 aromatic heterocycles. The molecular weight excluding hydrogens is 1300 g/mol. The van der Waals surface area contributed by atoms with E-state index in [0.717, 1.165) is 251 Å². The first-order valence-electron chi connectivity index (χ1n) is 42.4. The summed E-state index contributed by atoms with van der Waals surface area (Å²) in [5.74, 6) is 6.03. The van der Waals surface area contributed by atoms with Gasteiger partial charge in [0.05, 0.1) is 119 Å². The fourth-order valence-corrected chi connectivity index (χ4v) is 13.2. The van der Waals surface area contributed by atoms with E-state index in [1.54, 1.807) is 14.2 Å². The Bertz CT molecular complexity index is 1560. The molecule has 0 bridgehead atoms. The molecule has 0 aliphatic heterocycles. The van der Waals surface area contributed by atoms with Gasteiger partial charge in [-0.2, -0.15) is 0 Å². The van der Waals surface area contributed by atoms with Gasteiger partial charge in [0.2, 0.25) is 0 Å². The SMILES string of the molecule is CCC(CCCOOCCC(CC)CCCOOCCC(CC)CCCOOCCC(CC)CCCOOCCC(CC)CCCOOCCC(CC)CCCOOCCC(CC)CCCOOCCC(CC)CCCOOCCC(CC)CCCOOCCC(CC)CCCOC)CCOC. The number of ether oxygens (including phenoxy) is 2. The lowest BCUT2D eigenvalue weighted by molar-refractivity contribution is -0.300. The van der Waals surface area contributed by atoms with Crippen molar-refractivity contribution in [2.45, 2.75) is 326 Å². The second kappa shape index (κ2) is 82.7. The molecule has 0 amide bonds. The van der Waals surface area contributed by atoms with E-state index in [1.807, 2.05) is 0 Å². The van der Waals surface area contributed by atoms with Gasteiger partial charge in [0.15, 0.2) is 0 Å². The van der Waals surface area contributed by atoms with Gasteiger partial charge in [0.1, 0.15) is 0 Å². The van der Waals surface area contributed by atoms with Crippen molar-refractivity contribution in [1.82, 2.24) is 0 Å². The predicted molar refractivity (Wildman–Crippen MR) is 407 cm³/mol. The van der Waals surface area contributed by atoms with Crippen molar-refractivity contribution in [2.24, 2.45) is 59.2 Å². The van der Waals surface area contributed by atoms with E-state index in [1.165, 1.54) is 19.3 Å². The Labute approximate surface area is 626 Å². The highest BCUT2D eigenvalue weighted by Crippen LogP contribution is 2.24. The summed E-state index contributed by atoms with van der Waals surface area (Å²) in [5.41, 5.74) is 0. The third kappa shape index (κ3) is 68.5. The molecule has 0 spiro atoms. The van der Waals surface area contributed by atoms with Gasteiger partial charge in [0.25, 0.3) is 0 Å². The van der Waals surface area contributed by atoms with E-state index in [0.29, 0.717) is 178 Å². The van der Waals surface area contributed by atoms with E-state index < -0.39 is 0 Å². The Balaban J connectivity index is 3.79. The lowest BCUT2D eigenvalue weighted by Crippen LogP contribution is -2.10. The highest BCUT2D eigenvalue weighted by molar-refractivity contribution is 4.64. The Hall–Kier alpha value is -0.800. The topological polar surface area (TPSA) is 185 Å². The van der Waals surface area contributed by atoms with Crippen LogP contribution in [0.2, 0.25) is 0 Å². The maximum atomic E-state index is 5.60. The third-order valence-corrected chi connectivity index (χ3v) is 21.3. The summed E-state index contributed by atoms with van der Waals surface area (Å²) in [6.45, 7) is 35.3. The van der Waals surface area contributed by atoms with Crippen LogP contribution in [0, 0.1) is 59.2 Å². The van der Waals surface area contributed by atoms with Crippen LogP contribution in [0.4, 0.5) is 0 Å². The lowest BCUT2D eigenvalue weighted by Gasteiger charge is -2.16. The van der Waals surface area contributed by atoms with Gasteiger partial charge in [-0.3, -0.25) is 0 Å². The molecule has 10 unspecified atom stereocenters. The average Bonchev–Trinajstić information content (AvgIpc) is 3.75. The van der Waals surface area contributed by atoms with Crippen LogP contribution >= 0.6 is 0 Å². The van der Waals surface area contributed by atoms with Gasteiger partial charge in [-0.05, 0) is 252 Å². The molecule has 0 radical (unpaired) electrons. The molecule has 0 aliphatic carbocycles. The van der Waals surface area contributed by atoms with Crippen LogP contribution in [0.5, 0.6) is 0 Å². The third-order valence-electron chi connectivity index (χ3n) is 21.3. The zero-order valence-corrected chi connectivity index (χ0v) is 68.4. The van der Waals surface area contributed by atoms with Crippen molar-refractivity contribution in [3.05, 3.63) is 0 Å². The van der Waals surface area contributed by atoms with Crippen molar-refractivity contribution in [2.75, 3.05) is 146 Å². The van der Waals surface area contributed by atoms with Crippen LogP contribution < -0.4 is 0 Å². The summed E-state index contributed by atoms with van der Waals surface area (Å²) in [4.78, 5) is 99.9. The van der Waals surface area contributed by atoms with Gasteiger partial charge in [-0.25, -0.2) is 88.0 Å². The van der Waals surface area contributed by atoms with Crippen molar-refractivity contribution >= 4 is 0 Å². The average molecular weight is 1470 g/mol. The van der Waals surface area contributed by atoms with Crippen LogP contribution in [-0.2, 0) is 97.5 Å². The summed E-state index contributed by atoms with van der Waals surface area (Å²) < 4.78 is 10.4. The molecule has 0 saturated heterocycles. The van der Waals surface area contributed by atoms with Crippen molar-refractivity contribution < 1.29 is 97.5 Å². The van der Waals surface area contributed by atoms with Crippen molar-refractivity contribution in [3.63, 3.8) is 0 Å². The molecule has 0 rings (SSSR count). The van der Waals surface area contributed by atoms with Crippen LogP contribution in [0.3, 0.4) is 0 Å². The zero-order chi connectivity index (χ0) is 74.3. The maximum absolute atomic E-state index is 5.60. The van der Waals surface area contributed by atoms with Crippen LogP contribution in [0.25, 0.3) is 0 Å². The molecule has 0 saturated carbocycles. The Morgan fingerprint density at radius 2 is 0.235 bits per heavy atom. The van der Waals surface area contributed by atoms with Crippen molar-refractivity contribution in [1.29, 1.82) is 0 Å². The fourth-order valence-electron chi connectivity index (χ4n) is 13.2. The zero-order valence-electron chi connectivity index (χ0n) is 68.4. The Kier molecular flexibility index (Phi) is 82.0. The smallest absolute Gasteiger partial charge is 0.0825 e. The molecule has 0 aromatic rings. The normalized spacial score (nSPS) is 15.1. The summed E-state index contributed by atoms with van der Waals surface area (Å²) >= 11 is 0. The molecular formula is C82H166O20. The van der Waals surface area contributed by atoms with Gasteiger partial charge in [-0.15, -0.1) is 0 Å². The largest absolute Gasteiger partial charge is 0.385 e. The second-order valence-electron chi connectivity index (χ2n) is 28.8. The quantitative estimate of drug-likeness (QED) is 0.0318. The Morgan fingerprint density at radius 3 is 0.353 bits per heavy atom. The first-order chi connectivity index (χ1) is 50.2. The minimum absolute atomic E-state index is 0.571. The monoisotopic (exact) mass is 1470 g/mol. The van der Waals surface area contributed by atoms with Crippen LogP contribution in [-0.4, -0.2) is 146 Å². The van der Waals surface area contributed by atoms with Crippen molar-refractivity contribution in [3.8, 4) is 0 Å². The summed E-state index contributed by atoms with van der Waals surface area (Å²) in [7, 11) is 3.53. The Morgan fingerprint density at radius 1 is 0.127 bits per heavy atom. The van der Waals surface area contributed by atoms with Crippen LogP contribution in [0.15, 0.2) is 0 Å². The number of rotatable bonds is 89. The summed E-state index contributed by atoms with van der Waals surface area (Å²) in [6, 6.07) is 0. The minimum atomic E-state index is 0.571. The fraction of sp³-hybridized carbons (Fsp3) is 1.00. The number of methoxy groups -OCH3 is 2. The highest BCUT2D eigenvalue weighted by Gasteiger charge is 2.16. The minimum Gasteiger partial charge on any atom is -0.385 e. The van der Waals surface area contributed by atoms with E-state index in [4.69, 9.17) is 97.5 Å². The first kappa shape index (κ1) is 101. The van der Waals surface area contributed by atoms with E-state index >= 15 is 0 Å². The molecule has 20 nitrogen and oxygen atoms in total. The number of hydrogen-bond acceptors (Lipinski definition) is 20. The van der Waals surface area contributed by atoms with E-state index in [2.05, 4.69) is 69.2 Å². The maximum Gasteiger partial charge on any atom is 0.0825 e. The molecule has 0 aliphatic rings. The van der Waals surface area contributed by atoms with Crippen LogP contribution in [0.1, 0.15) is 326 Å². The molecule has 0 heterocycles. The summed E-state index contributed by atoms with van der Waals surface area (Å²) in [6.07, 6.45) is 42.2. The van der Waals surface area contributed by atoms with E-state index in [-0.39, 0.29) is 0 Å². The van der Waals surface area contributed by atoms with Gasteiger partial charge < -0.3 is 9.47 Å². The van der Waals surface area contributed by atoms with Gasteiger partial charge in [-0.1, -0.05) is 133 Å². The molecule has 0 fully saturated rings. The second-order valence-corrected chi connectivity index (χ2v) is 28.8. The molecule has 0 aromatic carbocycles. The molecule has 10 atom stereocenters. The lowest BCUT2D eigenvalue weighted by atomic mass is 9.97. The summed E-state index contributed by atoms with van der Waals surface area (Å²) in [5, 5.41) is 0. The first-order valence-corrected chi connectivity index (χ1v) is 42.4. The predicted octanol–water partition coefficient (Wildman–Crippen LogP) is 21.8. The number of hydrogen-bond donors (Lipinski definition) is 0. The standard InChI is InChI=1S/C82H166O20/c1-13-73(43-63-84-12)34-24-54-85-95-65-45-75(15-3)36-26-56-87-97-67-47-77(17-5)38-28-58-89-99-69-49-79(19-7)40-30-60-91-101-71-51-81(21-9)42-32-62-93-102-72-52-82(22-10)41-31-61-92-100-70-50-80(20-8)39-29-59-90-98-68-48-78(18-6)37-27-57-88-96-66-46-76(16-4)35-25-55-86-94-64-44-74(14-2)33-23-53-83-11/h73-82H,13-72H2,1-12H3. The molecule has 102 heavy (non-hydrogen) atoms. The molecule has 614 valence electrons.